The summed E-state index contributed by atoms with van der Waals surface area (Å²) in [7, 11) is 0. The van der Waals surface area contributed by atoms with E-state index < -0.39 is 5.78 Å². The predicted molar refractivity (Wildman–Crippen MR) is 80.2 cm³/mol. The van der Waals surface area contributed by atoms with E-state index in [2.05, 4.69) is 34.5 Å². The van der Waals surface area contributed by atoms with E-state index in [9.17, 15) is 4.79 Å². The lowest BCUT2D eigenvalue weighted by Gasteiger charge is -2.07. The van der Waals surface area contributed by atoms with E-state index in [0.29, 0.717) is 12.2 Å². The number of nitrogens with zero attached hydrogens (tertiary/aromatic N) is 2. The Labute approximate surface area is 119 Å². The Morgan fingerprint density at radius 3 is 2.70 bits per heavy atom. The lowest BCUT2D eigenvalue weighted by Crippen LogP contribution is -2.35. The molecule has 0 saturated heterocycles. The van der Waals surface area contributed by atoms with Crippen LogP contribution >= 0.6 is 0 Å². The summed E-state index contributed by atoms with van der Waals surface area (Å²) in [5, 5.41) is 12.7. The van der Waals surface area contributed by atoms with Gasteiger partial charge in [-0.25, -0.2) is 5.43 Å². The zero-order valence-corrected chi connectivity index (χ0v) is 11.7. The van der Waals surface area contributed by atoms with Crippen molar-refractivity contribution in [2.45, 2.75) is 13.8 Å². The third-order valence-electron chi connectivity index (χ3n) is 2.00. The molecule has 0 atom stereocenters. The molecule has 0 aromatic carbocycles. The van der Waals surface area contributed by atoms with Gasteiger partial charge in [0.15, 0.2) is 0 Å². The third kappa shape index (κ3) is 6.33. The van der Waals surface area contributed by atoms with Crippen molar-refractivity contribution in [1.29, 1.82) is 5.26 Å². The Bertz CT molecular complexity index is 494. The summed E-state index contributed by atoms with van der Waals surface area (Å²) in [5.74, 6) is -0.588. The first kappa shape index (κ1) is 17.4. The van der Waals surface area contributed by atoms with E-state index in [1.54, 1.807) is 18.2 Å². The van der Waals surface area contributed by atoms with E-state index in [-0.39, 0.29) is 11.4 Å². The van der Waals surface area contributed by atoms with Gasteiger partial charge in [-0.1, -0.05) is 32.2 Å². The van der Waals surface area contributed by atoms with Gasteiger partial charge in [-0.2, -0.15) is 10.4 Å². The number of rotatable bonds is 9. The molecule has 0 fully saturated rings. The Morgan fingerprint density at radius 2 is 2.20 bits per heavy atom. The van der Waals surface area contributed by atoms with Gasteiger partial charge in [-0.05, 0) is 19.1 Å². The summed E-state index contributed by atoms with van der Waals surface area (Å²) >= 11 is 0. The van der Waals surface area contributed by atoms with E-state index in [1.165, 1.54) is 6.08 Å². The van der Waals surface area contributed by atoms with Crippen molar-refractivity contribution < 1.29 is 4.79 Å². The van der Waals surface area contributed by atoms with E-state index in [1.807, 2.05) is 19.9 Å². The molecule has 0 unspecified atom stereocenters. The summed E-state index contributed by atoms with van der Waals surface area (Å²) in [5.41, 5.74) is 8.21. The molecule has 0 heterocycles. The number of nitrogens with one attached hydrogen (secondary N) is 3. The number of ketones is 1. The van der Waals surface area contributed by atoms with Gasteiger partial charge in [-0.3, -0.25) is 10.2 Å². The molecule has 0 aliphatic rings. The molecule has 6 heteroatoms. The van der Waals surface area contributed by atoms with Gasteiger partial charge in [-0.15, -0.1) is 0 Å². The molecule has 0 spiro atoms. The lowest BCUT2D eigenvalue weighted by molar-refractivity contribution is -0.110. The SMILES string of the molecule is C=C/C(=C\C=C/C)N/N=C(\C#N)C(=O)C(=C)NNCC. The van der Waals surface area contributed by atoms with Gasteiger partial charge in [0.1, 0.15) is 6.07 Å². The highest BCUT2D eigenvalue weighted by molar-refractivity contribution is 6.50. The molecule has 0 aliphatic heterocycles. The van der Waals surface area contributed by atoms with E-state index >= 15 is 0 Å². The molecule has 3 N–H and O–H groups in total. The van der Waals surface area contributed by atoms with Crippen molar-refractivity contribution in [3.8, 4) is 6.07 Å². The molecule has 0 aromatic rings. The number of Topliss-reactive ketones (excluding diaryl/α,β-unsaturated/α-hetero) is 1. The maximum atomic E-state index is 11.8. The number of hydrogen-bond acceptors (Lipinski definition) is 6. The Balaban J connectivity index is 4.87. The first-order valence-electron chi connectivity index (χ1n) is 6.02. The highest BCUT2D eigenvalue weighted by atomic mass is 16.1. The van der Waals surface area contributed by atoms with Crippen LogP contribution in [0.5, 0.6) is 0 Å². The molecule has 0 saturated carbocycles. The highest BCUT2D eigenvalue weighted by Gasteiger charge is 2.14. The van der Waals surface area contributed by atoms with E-state index in [0.717, 1.165) is 0 Å². The van der Waals surface area contributed by atoms with Crippen LogP contribution in [0.25, 0.3) is 0 Å². The molecule has 0 radical (unpaired) electrons. The van der Waals surface area contributed by atoms with Gasteiger partial charge < -0.3 is 5.43 Å². The van der Waals surface area contributed by atoms with Crippen molar-refractivity contribution in [1.82, 2.24) is 16.3 Å². The maximum Gasteiger partial charge on any atom is 0.240 e. The molecule has 6 nitrogen and oxygen atoms in total. The largest absolute Gasteiger partial charge is 0.318 e. The fourth-order valence-corrected chi connectivity index (χ4v) is 0.993. The normalized spacial score (nSPS) is 11.8. The number of hydrazine groups is 1. The van der Waals surface area contributed by atoms with Crippen LogP contribution in [0.15, 0.2) is 54.0 Å². The van der Waals surface area contributed by atoms with Crippen molar-refractivity contribution >= 4 is 11.5 Å². The quantitative estimate of drug-likeness (QED) is 0.255. The lowest BCUT2D eigenvalue weighted by atomic mass is 10.2. The molecule has 106 valence electrons. The number of allylic oxidation sites excluding steroid dienone is 5. The summed E-state index contributed by atoms with van der Waals surface area (Å²) in [6, 6.07) is 1.72. The van der Waals surface area contributed by atoms with Crippen LogP contribution < -0.4 is 16.3 Å². The Hall–Kier alpha value is -2.65. The van der Waals surface area contributed by atoms with E-state index in [4.69, 9.17) is 5.26 Å². The topological polar surface area (TPSA) is 89.3 Å². The molecule has 0 rings (SSSR count). The second kappa shape index (κ2) is 10.3. The van der Waals surface area contributed by atoms with Crippen molar-refractivity contribution in [3.05, 3.63) is 48.9 Å². The standard InChI is InChI=1S/C14H19N5O/c1-5-8-9-12(6-2)18-19-13(10-15)14(20)11(4)17-16-7-3/h5-6,8-9,16-18H,2,4,7H2,1,3H3/b8-5-,12-9+,19-13+. The maximum absolute atomic E-state index is 11.8. The third-order valence-corrected chi connectivity index (χ3v) is 2.00. The van der Waals surface area contributed by atoms with Crippen LogP contribution in [-0.4, -0.2) is 18.0 Å². The second-order valence-corrected chi connectivity index (χ2v) is 3.50. The molecular weight excluding hydrogens is 254 g/mol. The van der Waals surface area contributed by atoms with Crippen LogP contribution in [-0.2, 0) is 4.79 Å². The average molecular weight is 273 g/mol. The number of nitriles is 1. The molecule has 20 heavy (non-hydrogen) atoms. The van der Waals surface area contributed by atoms with Crippen LogP contribution in [0.2, 0.25) is 0 Å². The molecule has 0 aromatic heterocycles. The molecule has 0 amide bonds. The van der Waals surface area contributed by atoms with Crippen molar-refractivity contribution in [2.75, 3.05) is 6.54 Å². The first-order valence-corrected chi connectivity index (χ1v) is 6.02. The first-order chi connectivity index (χ1) is 9.60. The number of carbonyl (C=O) groups excluding carboxylic acids is 1. The zero-order valence-electron chi connectivity index (χ0n) is 11.7. The van der Waals surface area contributed by atoms with Crippen LogP contribution in [0, 0.1) is 11.3 Å². The van der Waals surface area contributed by atoms with Gasteiger partial charge in [0.05, 0.1) is 11.4 Å². The summed E-state index contributed by atoms with van der Waals surface area (Å²) in [6.45, 7) is 11.5. The molecule has 0 bridgehead atoms. The Kier molecular flexibility index (Phi) is 8.93. The Morgan fingerprint density at radius 1 is 1.50 bits per heavy atom. The van der Waals surface area contributed by atoms with Gasteiger partial charge >= 0.3 is 0 Å². The smallest absolute Gasteiger partial charge is 0.240 e. The van der Waals surface area contributed by atoms with Crippen LogP contribution in [0.3, 0.4) is 0 Å². The minimum atomic E-state index is -0.588. The van der Waals surface area contributed by atoms with Crippen molar-refractivity contribution in [2.24, 2.45) is 5.10 Å². The number of hydrazone groups is 1. The van der Waals surface area contributed by atoms with Crippen LogP contribution in [0.1, 0.15) is 13.8 Å². The predicted octanol–water partition coefficient (Wildman–Crippen LogP) is 1.30. The zero-order chi connectivity index (χ0) is 15.4. The number of hydrogen-bond donors (Lipinski definition) is 3. The van der Waals surface area contributed by atoms with Gasteiger partial charge in [0.25, 0.3) is 0 Å². The van der Waals surface area contributed by atoms with Crippen molar-refractivity contribution in [3.63, 3.8) is 0 Å². The summed E-state index contributed by atoms with van der Waals surface area (Å²) in [6.07, 6.45) is 6.84. The highest BCUT2D eigenvalue weighted by Crippen LogP contribution is 1.94. The second-order valence-electron chi connectivity index (χ2n) is 3.50. The minimum Gasteiger partial charge on any atom is -0.318 e. The number of carbonyl (C=O) groups is 1. The van der Waals surface area contributed by atoms with Crippen LogP contribution in [0.4, 0.5) is 0 Å². The van der Waals surface area contributed by atoms with Gasteiger partial charge in [0, 0.05) is 6.54 Å². The molecular formula is C14H19N5O. The monoisotopic (exact) mass is 273 g/mol. The van der Waals surface area contributed by atoms with Gasteiger partial charge in [0.2, 0.25) is 11.5 Å². The summed E-state index contributed by atoms with van der Waals surface area (Å²) < 4.78 is 0. The minimum absolute atomic E-state index is 0.0477. The fraction of sp³-hybridized carbons (Fsp3) is 0.214. The average Bonchev–Trinajstić information content (AvgIpc) is 2.47. The summed E-state index contributed by atoms with van der Waals surface area (Å²) in [4.78, 5) is 11.8. The molecule has 0 aliphatic carbocycles. The fourth-order valence-electron chi connectivity index (χ4n) is 0.993.